The van der Waals surface area contributed by atoms with Crippen LogP contribution in [0.25, 0.3) is 0 Å². The number of carbonyl (C=O) groups is 2. The van der Waals surface area contributed by atoms with E-state index in [4.69, 9.17) is 13.7 Å². The number of nitrogens with zero attached hydrogens (tertiary/aromatic N) is 1. The molecular weight excluding hydrogens is 446 g/mol. The smallest absolute Gasteiger partial charge is 0.419 e. The van der Waals surface area contributed by atoms with Crippen molar-refractivity contribution in [2.45, 2.75) is 90.2 Å². The Balaban J connectivity index is 2.11. The Morgan fingerprint density at radius 1 is 0.939 bits per heavy atom. The predicted molar refractivity (Wildman–Crippen MR) is 124 cm³/mol. The zero-order valence-electron chi connectivity index (χ0n) is 20.8. The van der Waals surface area contributed by atoms with E-state index in [1.165, 1.54) is 12.1 Å². The van der Waals surface area contributed by atoms with Crippen LogP contribution < -0.4 is 0 Å². The van der Waals surface area contributed by atoms with Crippen molar-refractivity contribution in [2.24, 2.45) is 5.41 Å². The highest BCUT2D eigenvalue weighted by Gasteiger charge is 2.43. The zero-order valence-corrected chi connectivity index (χ0v) is 21.6. The number of aryl methyl sites for hydroxylation is 1. The van der Waals surface area contributed by atoms with Gasteiger partial charge in [0.1, 0.15) is 11.2 Å². The molecule has 0 radical (unpaired) electrons. The molecule has 2 amide bonds. The molecule has 0 heterocycles. The minimum absolute atomic E-state index is 0.0489. The van der Waals surface area contributed by atoms with Gasteiger partial charge in [-0.25, -0.2) is 14.5 Å². The fraction of sp³-hybridized carbons (Fsp3) is 0.667. The summed E-state index contributed by atoms with van der Waals surface area (Å²) < 4.78 is 41.2. The van der Waals surface area contributed by atoms with Crippen LogP contribution in [0, 0.1) is 12.3 Å². The lowest BCUT2D eigenvalue weighted by Gasteiger charge is -2.44. The Morgan fingerprint density at radius 2 is 1.42 bits per heavy atom. The van der Waals surface area contributed by atoms with E-state index < -0.39 is 38.9 Å². The SMILES string of the molecule is Cc1ccc(S(=O)(=O)OCCC2(CN(C(=O)OC(C)(C)C)C(=O)OC(C)(C)C)CCC2)cc1. The number of hydrogen-bond donors (Lipinski definition) is 0. The van der Waals surface area contributed by atoms with Crippen LogP contribution >= 0.6 is 0 Å². The van der Waals surface area contributed by atoms with Crippen LogP contribution in [0.2, 0.25) is 0 Å². The molecule has 0 N–H and O–H groups in total. The topological polar surface area (TPSA) is 99.2 Å². The van der Waals surface area contributed by atoms with Crippen LogP contribution in [-0.4, -0.2) is 49.9 Å². The van der Waals surface area contributed by atoms with E-state index in [2.05, 4.69) is 0 Å². The quantitative estimate of drug-likeness (QED) is 0.477. The maximum Gasteiger partial charge on any atom is 0.419 e. The van der Waals surface area contributed by atoms with Crippen LogP contribution in [0.3, 0.4) is 0 Å². The first-order valence-electron chi connectivity index (χ1n) is 11.2. The summed E-state index contributed by atoms with van der Waals surface area (Å²) in [6.45, 7) is 12.2. The monoisotopic (exact) mass is 483 g/mol. The lowest BCUT2D eigenvalue weighted by atomic mass is 9.66. The average molecular weight is 484 g/mol. The Morgan fingerprint density at radius 3 is 1.82 bits per heavy atom. The summed E-state index contributed by atoms with van der Waals surface area (Å²) in [7, 11) is -3.89. The van der Waals surface area contributed by atoms with Gasteiger partial charge in [-0.05, 0) is 85.3 Å². The van der Waals surface area contributed by atoms with E-state index in [1.807, 2.05) is 6.92 Å². The number of benzene rings is 1. The van der Waals surface area contributed by atoms with Gasteiger partial charge in [0.05, 0.1) is 11.5 Å². The number of rotatable bonds is 7. The van der Waals surface area contributed by atoms with E-state index in [0.29, 0.717) is 6.42 Å². The molecule has 33 heavy (non-hydrogen) atoms. The number of ether oxygens (including phenoxy) is 2. The molecule has 1 fully saturated rings. The van der Waals surface area contributed by atoms with Gasteiger partial charge < -0.3 is 9.47 Å². The summed E-state index contributed by atoms with van der Waals surface area (Å²) in [6, 6.07) is 6.44. The summed E-state index contributed by atoms with van der Waals surface area (Å²) in [5, 5.41) is 0. The minimum atomic E-state index is -3.89. The highest BCUT2D eigenvalue weighted by molar-refractivity contribution is 7.86. The standard InChI is InChI=1S/C24H37NO7S/c1-18-9-11-19(12-10-18)33(28,29)30-16-15-24(13-8-14-24)17-25(20(26)31-22(2,3)4)21(27)32-23(5,6)7/h9-12H,8,13-17H2,1-7H3. The molecule has 1 aliphatic carbocycles. The first-order chi connectivity index (χ1) is 15.0. The molecule has 0 atom stereocenters. The molecule has 0 spiro atoms. The molecule has 1 saturated carbocycles. The second-order valence-corrected chi connectivity index (χ2v) is 12.4. The predicted octanol–water partition coefficient (Wildman–Crippen LogP) is 5.43. The third kappa shape index (κ3) is 8.30. The molecule has 186 valence electrons. The lowest BCUT2D eigenvalue weighted by Crippen LogP contribution is -2.50. The van der Waals surface area contributed by atoms with Crippen LogP contribution in [0.15, 0.2) is 29.2 Å². The normalized spacial score (nSPS) is 16.0. The highest BCUT2D eigenvalue weighted by Crippen LogP contribution is 2.45. The molecule has 0 aromatic heterocycles. The third-order valence-corrected chi connectivity index (χ3v) is 6.64. The summed E-state index contributed by atoms with van der Waals surface area (Å²) in [5.41, 5.74) is -1.06. The second-order valence-electron chi connectivity index (χ2n) is 10.7. The summed E-state index contributed by atoms with van der Waals surface area (Å²) >= 11 is 0. The van der Waals surface area contributed by atoms with Gasteiger partial charge in [-0.1, -0.05) is 24.1 Å². The van der Waals surface area contributed by atoms with Crippen molar-refractivity contribution in [3.63, 3.8) is 0 Å². The molecule has 0 aliphatic heterocycles. The second kappa shape index (κ2) is 10.0. The van der Waals surface area contributed by atoms with Crippen molar-refractivity contribution >= 4 is 22.3 Å². The summed E-state index contributed by atoms with van der Waals surface area (Å²) in [6.07, 6.45) is 1.21. The van der Waals surface area contributed by atoms with Gasteiger partial charge in [0.15, 0.2) is 0 Å². The van der Waals surface area contributed by atoms with Crippen LogP contribution in [0.5, 0.6) is 0 Å². The Kier molecular flexibility index (Phi) is 8.23. The van der Waals surface area contributed by atoms with Crippen molar-refractivity contribution in [3.05, 3.63) is 29.8 Å². The van der Waals surface area contributed by atoms with Crippen molar-refractivity contribution in [1.82, 2.24) is 4.90 Å². The van der Waals surface area contributed by atoms with Gasteiger partial charge in [-0.2, -0.15) is 8.42 Å². The van der Waals surface area contributed by atoms with E-state index >= 15 is 0 Å². The first-order valence-corrected chi connectivity index (χ1v) is 12.6. The molecule has 9 heteroatoms. The fourth-order valence-corrected chi connectivity index (χ4v) is 4.39. The van der Waals surface area contributed by atoms with Gasteiger partial charge in [0.25, 0.3) is 10.1 Å². The Labute approximate surface area is 197 Å². The molecule has 0 unspecified atom stereocenters. The minimum Gasteiger partial charge on any atom is -0.443 e. The summed E-state index contributed by atoms with van der Waals surface area (Å²) in [5.74, 6) is 0. The Bertz CT molecular complexity index is 909. The van der Waals surface area contributed by atoms with Gasteiger partial charge >= 0.3 is 12.2 Å². The van der Waals surface area contributed by atoms with Gasteiger partial charge in [-0.15, -0.1) is 0 Å². The van der Waals surface area contributed by atoms with E-state index in [-0.39, 0.29) is 18.0 Å². The summed E-state index contributed by atoms with van der Waals surface area (Å²) in [4.78, 5) is 26.7. The highest BCUT2D eigenvalue weighted by atomic mass is 32.2. The molecule has 1 aromatic rings. The average Bonchev–Trinajstić information content (AvgIpc) is 2.60. The lowest BCUT2D eigenvalue weighted by molar-refractivity contribution is -0.0197. The van der Waals surface area contributed by atoms with Crippen LogP contribution in [0.1, 0.15) is 72.8 Å². The fourth-order valence-electron chi connectivity index (χ4n) is 3.48. The van der Waals surface area contributed by atoms with Crippen LogP contribution in [-0.2, 0) is 23.8 Å². The van der Waals surface area contributed by atoms with Crippen molar-refractivity contribution in [3.8, 4) is 0 Å². The molecule has 0 saturated heterocycles. The largest absolute Gasteiger partial charge is 0.443 e. The maximum absolute atomic E-state index is 12.8. The van der Waals surface area contributed by atoms with Crippen LogP contribution in [0.4, 0.5) is 9.59 Å². The third-order valence-electron chi connectivity index (χ3n) is 5.32. The number of carbonyl (C=O) groups excluding carboxylic acids is 2. The van der Waals surface area contributed by atoms with Crippen molar-refractivity contribution < 1.29 is 31.7 Å². The molecule has 1 aliphatic rings. The van der Waals surface area contributed by atoms with Crippen molar-refractivity contribution in [2.75, 3.05) is 13.2 Å². The number of hydrogen-bond acceptors (Lipinski definition) is 7. The number of amides is 2. The van der Waals surface area contributed by atoms with Gasteiger partial charge in [0, 0.05) is 6.54 Å². The first kappa shape index (κ1) is 27.1. The van der Waals surface area contributed by atoms with Gasteiger partial charge in [0.2, 0.25) is 0 Å². The van der Waals surface area contributed by atoms with E-state index in [0.717, 1.165) is 29.7 Å². The van der Waals surface area contributed by atoms with E-state index in [9.17, 15) is 18.0 Å². The number of imide groups is 1. The van der Waals surface area contributed by atoms with Crippen molar-refractivity contribution in [1.29, 1.82) is 0 Å². The van der Waals surface area contributed by atoms with E-state index in [1.54, 1.807) is 53.7 Å². The molecule has 2 rings (SSSR count). The Hall–Kier alpha value is -2.13. The molecule has 0 bridgehead atoms. The molecule has 8 nitrogen and oxygen atoms in total. The molecular formula is C24H37NO7S. The molecule has 1 aromatic carbocycles. The maximum atomic E-state index is 12.8. The zero-order chi connectivity index (χ0) is 25.1. The van der Waals surface area contributed by atoms with Gasteiger partial charge in [-0.3, -0.25) is 4.18 Å².